The minimum atomic E-state index is -0.297. The highest BCUT2D eigenvalue weighted by Crippen LogP contribution is 2.10. The van der Waals surface area contributed by atoms with Crippen molar-refractivity contribution in [1.29, 1.82) is 0 Å². The molecule has 0 aliphatic rings. The van der Waals surface area contributed by atoms with Crippen LogP contribution >= 0.6 is 48.1 Å². The number of rotatable bonds is 3. The molecule has 0 heterocycles. The molecule has 2 nitrogen and oxygen atoms in total. The highest BCUT2D eigenvalue weighted by atomic mass is 79.9. The number of halogens is 3. The van der Waals surface area contributed by atoms with Crippen LogP contribution in [-0.2, 0) is 8.62 Å². The van der Waals surface area contributed by atoms with Gasteiger partial charge in [0.1, 0.15) is 4.83 Å². The molecule has 0 amide bonds. The second-order valence-corrected chi connectivity index (χ2v) is 3.56. The average molecular weight is 325 g/mol. The molecule has 0 rings (SSSR count). The summed E-state index contributed by atoms with van der Waals surface area (Å²) < 4.78 is 4.27. The second-order valence-electron chi connectivity index (χ2n) is 1.34. The van der Waals surface area contributed by atoms with E-state index in [1.54, 1.807) is 0 Å². The second kappa shape index (κ2) is 5.68. The van der Waals surface area contributed by atoms with Crippen LogP contribution in [0.25, 0.3) is 0 Å². The molecule has 9 heavy (non-hydrogen) atoms. The first-order chi connectivity index (χ1) is 4.22. The molecule has 0 aromatic carbocycles. The standard InChI is InChI=1S/C4H5Br3O2/c5-2-1-3(6)4(8)9-7/h3H,1-2H2. The fourth-order valence-electron chi connectivity index (χ4n) is 0.262. The van der Waals surface area contributed by atoms with E-state index in [0.717, 1.165) is 11.8 Å². The van der Waals surface area contributed by atoms with Crippen LogP contribution in [0.3, 0.4) is 0 Å². The lowest BCUT2D eigenvalue weighted by Gasteiger charge is -2.00. The molecule has 54 valence electrons. The minimum absolute atomic E-state index is 0.212. The van der Waals surface area contributed by atoms with Crippen LogP contribution in [0.1, 0.15) is 6.42 Å². The Balaban J connectivity index is 3.45. The lowest BCUT2D eigenvalue weighted by molar-refractivity contribution is -0.131. The first-order valence-corrected chi connectivity index (χ1v) is 4.93. The number of alkyl halides is 2. The quantitative estimate of drug-likeness (QED) is 0.745. The number of hydrogen-bond acceptors (Lipinski definition) is 2. The van der Waals surface area contributed by atoms with Crippen LogP contribution in [0.15, 0.2) is 0 Å². The molecular weight excluding hydrogens is 320 g/mol. The van der Waals surface area contributed by atoms with Gasteiger partial charge in [-0.05, 0) is 6.42 Å². The van der Waals surface area contributed by atoms with Crippen molar-refractivity contribution in [2.75, 3.05) is 5.33 Å². The largest absolute Gasteiger partial charge is 0.383 e. The molecule has 0 N–H and O–H groups in total. The lowest BCUT2D eigenvalue weighted by Crippen LogP contribution is -2.13. The molecule has 0 saturated carbocycles. The van der Waals surface area contributed by atoms with Crippen molar-refractivity contribution in [3.8, 4) is 0 Å². The van der Waals surface area contributed by atoms with Crippen LogP contribution < -0.4 is 0 Å². The van der Waals surface area contributed by atoms with E-state index < -0.39 is 0 Å². The van der Waals surface area contributed by atoms with Crippen molar-refractivity contribution in [2.24, 2.45) is 0 Å². The molecule has 0 aromatic heterocycles. The number of carbonyl (C=O) groups excluding carboxylic acids is 1. The van der Waals surface area contributed by atoms with Crippen molar-refractivity contribution in [3.05, 3.63) is 0 Å². The molecule has 0 bridgehead atoms. The molecule has 0 aromatic rings. The summed E-state index contributed by atoms with van der Waals surface area (Å²) in [7, 11) is 0. The van der Waals surface area contributed by atoms with Gasteiger partial charge in [-0.15, -0.1) is 0 Å². The van der Waals surface area contributed by atoms with Crippen LogP contribution in [0.5, 0.6) is 0 Å². The molecule has 0 fully saturated rings. The molecule has 1 unspecified atom stereocenters. The summed E-state index contributed by atoms with van der Waals surface area (Å²) in [6, 6.07) is 0. The van der Waals surface area contributed by atoms with Gasteiger partial charge in [0.05, 0.1) is 0 Å². The maximum atomic E-state index is 10.6. The van der Waals surface area contributed by atoms with Gasteiger partial charge in [0, 0.05) is 5.33 Å². The predicted octanol–water partition coefficient (Wildman–Crippen LogP) is 2.39. The van der Waals surface area contributed by atoms with Crippen LogP contribution in [0.2, 0.25) is 0 Å². The van der Waals surface area contributed by atoms with Gasteiger partial charge in [0.15, 0.2) is 16.3 Å². The van der Waals surface area contributed by atoms with Crippen LogP contribution in [0, 0.1) is 0 Å². The zero-order valence-electron chi connectivity index (χ0n) is 4.44. The highest BCUT2D eigenvalue weighted by Gasteiger charge is 2.13. The van der Waals surface area contributed by atoms with Crippen LogP contribution in [-0.4, -0.2) is 16.1 Å². The Morgan fingerprint density at radius 3 is 2.56 bits per heavy atom. The SMILES string of the molecule is O=C(OBr)C(Br)CCBr. The van der Waals surface area contributed by atoms with E-state index in [0.29, 0.717) is 0 Å². The molecule has 5 heteroatoms. The third kappa shape index (κ3) is 4.33. The smallest absolute Gasteiger partial charge is 0.331 e. The summed E-state index contributed by atoms with van der Waals surface area (Å²) in [4.78, 5) is 10.4. The summed E-state index contributed by atoms with van der Waals surface area (Å²) in [6.45, 7) is 0. The molecular formula is C4H5Br3O2. The Bertz CT molecular complexity index is 95.8. The van der Waals surface area contributed by atoms with E-state index in [1.165, 1.54) is 0 Å². The number of carbonyl (C=O) groups is 1. The molecule has 0 aliphatic heterocycles. The lowest BCUT2D eigenvalue weighted by atomic mass is 10.3. The summed E-state index contributed by atoms with van der Waals surface area (Å²) >= 11 is 8.91. The van der Waals surface area contributed by atoms with E-state index in [2.05, 4.69) is 51.9 Å². The Kier molecular flexibility index (Phi) is 6.25. The predicted molar refractivity (Wildman–Crippen MR) is 46.1 cm³/mol. The molecule has 0 aliphatic carbocycles. The fourth-order valence-corrected chi connectivity index (χ4v) is 2.13. The van der Waals surface area contributed by atoms with Crippen LogP contribution in [0.4, 0.5) is 0 Å². The third-order valence-corrected chi connectivity index (χ3v) is 2.30. The summed E-state index contributed by atoms with van der Waals surface area (Å²) in [6.07, 6.45) is 0.727. The Labute approximate surface area is 79.0 Å². The molecule has 1 atom stereocenters. The van der Waals surface area contributed by atoms with Gasteiger partial charge in [0.2, 0.25) is 0 Å². The summed E-state index contributed by atoms with van der Waals surface area (Å²) in [5.41, 5.74) is 0. The summed E-state index contributed by atoms with van der Waals surface area (Å²) in [5.74, 6) is -0.297. The normalized spacial score (nSPS) is 12.8. The van der Waals surface area contributed by atoms with Gasteiger partial charge in [-0.25, -0.2) is 4.79 Å². The van der Waals surface area contributed by atoms with Crippen molar-refractivity contribution in [3.63, 3.8) is 0 Å². The maximum Gasteiger partial charge on any atom is 0.331 e. The van der Waals surface area contributed by atoms with Crippen molar-refractivity contribution in [2.45, 2.75) is 11.2 Å². The Morgan fingerprint density at radius 2 is 2.22 bits per heavy atom. The van der Waals surface area contributed by atoms with E-state index in [4.69, 9.17) is 0 Å². The van der Waals surface area contributed by atoms with E-state index in [9.17, 15) is 4.79 Å². The first-order valence-electron chi connectivity index (χ1n) is 2.24. The molecule has 0 saturated heterocycles. The molecule has 0 spiro atoms. The van der Waals surface area contributed by atoms with Gasteiger partial charge >= 0.3 is 5.97 Å². The van der Waals surface area contributed by atoms with E-state index in [-0.39, 0.29) is 10.8 Å². The van der Waals surface area contributed by atoms with Crippen molar-refractivity contribution >= 4 is 54.1 Å². The Morgan fingerprint density at radius 1 is 1.67 bits per heavy atom. The maximum absolute atomic E-state index is 10.6. The fraction of sp³-hybridized carbons (Fsp3) is 0.750. The van der Waals surface area contributed by atoms with Crippen molar-refractivity contribution in [1.82, 2.24) is 0 Å². The van der Waals surface area contributed by atoms with Gasteiger partial charge in [-0.2, -0.15) is 0 Å². The third-order valence-electron chi connectivity index (χ3n) is 0.694. The first kappa shape index (κ1) is 9.91. The van der Waals surface area contributed by atoms with Gasteiger partial charge < -0.3 is 3.83 Å². The average Bonchev–Trinajstić information content (AvgIpc) is 1.87. The highest BCUT2D eigenvalue weighted by molar-refractivity contribution is 9.10. The van der Waals surface area contributed by atoms with Gasteiger partial charge in [-0.3, -0.25) is 0 Å². The zero-order valence-corrected chi connectivity index (χ0v) is 9.20. The monoisotopic (exact) mass is 322 g/mol. The van der Waals surface area contributed by atoms with Gasteiger partial charge in [0.25, 0.3) is 0 Å². The zero-order chi connectivity index (χ0) is 7.28. The molecule has 0 radical (unpaired) electrons. The summed E-state index contributed by atoms with van der Waals surface area (Å²) in [5, 5.41) is 0.783. The van der Waals surface area contributed by atoms with Gasteiger partial charge in [-0.1, -0.05) is 31.9 Å². The topological polar surface area (TPSA) is 26.3 Å². The van der Waals surface area contributed by atoms with Crippen molar-refractivity contribution < 1.29 is 8.62 Å². The van der Waals surface area contributed by atoms with E-state index in [1.807, 2.05) is 0 Å². The van der Waals surface area contributed by atoms with E-state index >= 15 is 0 Å². The number of hydrogen-bond donors (Lipinski definition) is 0. The Hall–Kier alpha value is 0.910. The minimum Gasteiger partial charge on any atom is -0.383 e.